The van der Waals surface area contributed by atoms with E-state index in [4.69, 9.17) is 0 Å². The van der Waals surface area contributed by atoms with Gasteiger partial charge in [-0.05, 0) is 19.3 Å². The number of aromatic nitrogens is 2. The van der Waals surface area contributed by atoms with E-state index in [0.29, 0.717) is 6.54 Å². The first kappa shape index (κ1) is 13.9. The molecule has 1 aromatic rings. The number of carbonyl (C=O) groups is 1. The van der Waals surface area contributed by atoms with Gasteiger partial charge in [-0.1, -0.05) is 12.8 Å². The lowest BCUT2D eigenvalue weighted by molar-refractivity contribution is 0.0943. The SMILES string of the molecule is O=C(NCCCn1ccnc1)NC1CCCCC1O. The first-order valence-electron chi connectivity index (χ1n) is 6.94. The largest absolute Gasteiger partial charge is 0.391 e. The van der Waals surface area contributed by atoms with Crippen LogP contribution in [0.4, 0.5) is 4.79 Å². The topological polar surface area (TPSA) is 79.2 Å². The van der Waals surface area contributed by atoms with Crippen LogP contribution in [0, 0.1) is 0 Å². The molecule has 2 unspecified atom stereocenters. The molecule has 1 aromatic heterocycles. The minimum atomic E-state index is -0.398. The van der Waals surface area contributed by atoms with Crippen LogP contribution in [0.3, 0.4) is 0 Å². The van der Waals surface area contributed by atoms with E-state index in [9.17, 15) is 9.90 Å². The maximum atomic E-state index is 11.7. The first-order valence-corrected chi connectivity index (χ1v) is 6.94. The Bertz CT molecular complexity index is 380. The molecule has 0 spiro atoms. The minimum Gasteiger partial charge on any atom is -0.391 e. The molecule has 0 saturated heterocycles. The lowest BCUT2D eigenvalue weighted by Crippen LogP contribution is -2.49. The molecular weight excluding hydrogens is 244 g/mol. The highest BCUT2D eigenvalue weighted by atomic mass is 16.3. The third kappa shape index (κ3) is 4.55. The fourth-order valence-corrected chi connectivity index (χ4v) is 2.38. The number of carbonyl (C=O) groups excluding carboxylic acids is 1. The van der Waals surface area contributed by atoms with E-state index in [0.717, 1.165) is 38.6 Å². The number of nitrogens with one attached hydrogen (secondary N) is 2. The second-order valence-corrected chi connectivity index (χ2v) is 5.01. The second kappa shape index (κ2) is 7.13. The van der Waals surface area contributed by atoms with Crippen molar-refractivity contribution in [2.75, 3.05) is 6.54 Å². The summed E-state index contributed by atoms with van der Waals surface area (Å²) in [6.45, 7) is 1.46. The Morgan fingerprint density at radius 1 is 1.42 bits per heavy atom. The minimum absolute atomic E-state index is 0.0950. The Kier molecular flexibility index (Phi) is 5.20. The highest BCUT2D eigenvalue weighted by Crippen LogP contribution is 2.18. The summed E-state index contributed by atoms with van der Waals surface area (Å²) < 4.78 is 1.98. The van der Waals surface area contributed by atoms with Crippen molar-refractivity contribution in [2.24, 2.45) is 0 Å². The fourth-order valence-electron chi connectivity index (χ4n) is 2.38. The predicted molar refractivity (Wildman–Crippen MR) is 71.6 cm³/mol. The zero-order valence-electron chi connectivity index (χ0n) is 11.1. The number of nitrogens with zero attached hydrogens (tertiary/aromatic N) is 2. The van der Waals surface area contributed by atoms with Gasteiger partial charge in [-0.3, -0.25) is 0 Å². The second-order valence-electron chi connectivity index (χ2n) is 5.01. The van der Waals surface area contributed by atoms with E-state index < -0.39 is 6.10 Å². The van der Waals surface area contributed by atoms with Crippen molar-refractivity contribution >= 4 is 6.03 Å². The molecule has 3 N–H and O–H groups in total. The van der Waals surface area contributed by atoms with E-state index >= 15 is 0 Å². The number of amides is 2. The molecule has 2 rings (SSSR count). The molecule has 1 aliphatic rings. The van der Waals surface area contributed by atoms with Gasteiger partial charge in [0.25, 0.3) is 0 Å². The van der Waals surface area contributed by atoms with Gasteiger partial charge in [0.1, 0.15) is 0 Å². The number of rotatable bonds is 5. The number of urea groups is 1. The smallest absolute Gasteiger partial charge is 0.315 e. The van der Waals surface area contributed by atoms with Crippen LogP contribution in [0.5, 0.6) is 0 Å². The number of hydrogen-bond acceptors (Lipinski definition) is 3. The van der Waals surface area contributed by atoms with E-state index in [1.54, 1.807) is 12.5 Å². The molecule has 2 atom stereocenters. The van der Waals surface area contributed by atoms with Crippen LogP contribution in [-0.4, -0.2) is 39.4 Å². The molecule has 6 heteroatoms. The molecule has 1 heterocycles. The molecule has 1 aliphatic carbocycles. The molecule has 19 heavy (non-hydrogen) atoms. The van der Waals surface area contributed by atoms with Crippen molar-refractivity contribution < 1.29 is 9.90 Å². The molecule has 0 aromatic carbocycles. The first-order chi connectivity index (χ1) is 9.25. The van der Waals surface area contributed by atoms with Crippen molar-refractivity contribution in [1.82, 2.24) is 20.2 Å². The molecule has 106 valence electrons. The summed E-state index contributed by atoms with van der Waals surface area (Å²) in [5.74, 6) is 0. The Labute approximate surface area is 113 Å². The summed E-state index contributed by atoms with van der Waals surface area (Å²) in [5, 5.41) is 15.4. The van der Waals surface area contributed by atoms with Crippen LogP contribution in [0.15, 0.2) is 18.7 Å². The third-order valence-corrected chi connectivity index (χ3v) is 3.48. The van der Waals surface area contributed by atoms with E-state index in [-0.39, 0.29) is 12.1 Å². The number of hydrogen-bond donors (Lipinski definition) is 3. The van der Waals surface area contributed by atoms with Crippen LogP contribution in [0.25, 0.3) is 0 Å². The van der Waals surface area contributed by atoms with Gasteiger partial charge in [0.2, 0.25) is 0 Å². The van der Waals surface area contributed by atoms with Gasteiger partial charge in [-0.25, -0.2) is 9.78 Å². The van der Waals surface area contributed by atoms with E-state index in [2.05, 4.69) is 15.6 Å². The normalized spacial score (nSPS) is 23.0. The molecule has 0 bridgehead atoms. The molecular formula is C13H22N4O2. The van der Waals surface area contributed by atoms with Crippen molar-refractivity contribution in [3.63, 3.8) is 0 Å². The van der Waals surface area contributed by atoms with Crippen molar-refractivity contribution in [1.29, 1.82) is 0 Å². The quantitative estimate of drug-likeness (QED) is 0.692. The Morgan fingerprint density at radius 2 is 2.26 bits per heavy atom. The molecule has 0 radical (unpaired) electrons. The van der Waals surface area contributed by atoms with Crippen molar-refractivity contribution in [3.8, 4) is 0 Å². The molecule has 1 saturated carbocycles. The molecule has 0 aliphatic heterocycles. The van der Waals surface area contributed by atoms with Crippen LogP contribution in [-0.2, 0) is 6.54 Å². The van der Waals surface area contributed by atoms with Gasteiger partial charge in [0.05, 0.1) is 18.5 Å². The van der Waals surface area contributed by atoms with Gasteiger partial charge < -0.3 is 20.3 Å². The Hall–Kier alpha value is -1.56. The van der Waals surface area contributed by atoms with Gasteiger partial charge in [-0.15, -0.1) is 0 Å². The Balaban J connectivity index is 1.59. The van der Waals surface area contributed by atoms with Gasteiger partial charge in [0, 0.05) is 25.5 Å². The monoisotopic (exact) mass is 266 g/mol. The average molecular weight is 266 g/mol. The number of aliphatic hydroxyl groups is 1. The highest BCUT2D eigenvalue weighted by molar-refractivity contribution is 5.74. The van der Waals surface area contributed by atoms with Crippen LogP contribution >= 0.6 is 0 Å². The van der Waals surface area contributed by atoms with Crippen LogP contribution in [0.2, 0.25) is 0 Å². The standard InChI is InChI=1S/C13H22N4O2/c18-12-5-2-1-4-11(12)16-13(19)15-6-3-8-17-9-7-14-10-17/h7,9-12,18H,1-6,8H2,(H2,15,16,19). The summed E-state index contributed by atoms with van der Waals surface area (Å²) in [4.78, 5) is 15.6. The molecule has 6 nitrogen and oxygen atoms in total. The van der Waals surface area contributed by atoms with E-state index in [1.165, 1.54) is 0 Å². The zero-order chi connectivity index (χ0) is 13.5. The summed E-state index contributed by atoms with van der Waals surface area (Å²) in [7, 11) is 0. The predicted octanol–water partition coefficient (Wildman–Crippen LogP) is 0.876. The Morgan fingerprint density at radius 3 is 3.00 bits per heavy atom. The highest BCUT2D eigenvalue weighted by Gasteiger charge is 2.24. The van der Waals surface area contributed by atoms with Crippen molar-refractivity contribution in [3.05, 3.63) is 18.7 Å². The summed E-state index contributed by atoms with van der Waals surface area (Å²) >= 11 is 0. The number of aryl methyl sites for hydroxylation is 1. The third-order valence-electron chi connectivity index (χ3n) is 3.48. The van der Waals surface area contributed by atoms with Gasteiger partial charge >= 0.3 is 6.03 Å². The number of aliphatic hydroxyl groups excluding tert-OH is 1. The summed E-state index contributed by atoms with van der Waals surface area (Å²) in [6.07, 6.45) is 9.63. The van der Waals surface area contributed by atoms with Crippen molar-refractivity contribution in [2.45, 2.75) is 50.8 Å². The van der Waals surface area contributed by atoms with Gasteiger partial charge in [-0.2, -0.15) is 0 Å². The maximum absolute atomic E-state index is 11.7. The summed E-state index contributed by atoms with van der Waals surface area (Å²) in [5.41, 5.74) is 0. The summed E-state index contributed by atoms with van der Waals surface area (Å²) in [6, 6.07) is -0.279. The maximum Gasteiger partial charge on any atom is 0.315 e. The molecule has 2 amide bonds. The molecule has 1 fully saturated rings. The van der Waals surface area contributed by atoms with Gasteiger partial charge in [0.15, 0.2) is 0 Å². The van der Waals surface area contributed by atoms with Crippen LogP contribution in [0.1, 0.15) is 32.1 Å². The lowest BCUT2D eigenvalue weighted by atomic mass is 9.93. The fraction of sp³-hybridized carbons (Fsp3) is 0.692. The average Bonchev–Trinajstić information content (AvgIpc) is 2.91. The van der Waals surface area contributed by atoms with E-state index in [1.807, 2.05) is 10.8 Å². The van der Waals surface area contributed by atoms with Crippen LogP contribution < -0.4 is 10.6 Å². The lowest BCUT2D eigenvalue weighted by Gasteiger charge is -2.28. The number of imidazole rings is 1. The zero-order valence-corrected chi connectivity index (χ0v) is 11.1.